The van der Waals surface area contributed by atoms with Crippen LogP contribution in [-0.2, 0) is 17.9 Å². The number of carboxylic acid groups (broad SMARTS) is 1. The second kappa shape index (κ2) is 7.98. The summed E-state index contributed by atoms with van der Waals surface area (Å²) in [6.45, 7) is 2.42. The summed E-state index contributed by atoms with van der Waals surface area (Å²) in [6, 6.07) is 18.5. The topological polar surface area (TPSA) is 69.6 Å². The van der Waals surface area contributed by atoms with E-state index >= 15 is 0 Å². The number of carbonyl (C=O) groups is 2. The molecule has 5 nitrogen and oxygen atoms in total. The molecule has 0 aromatic heterocycles. The minimum atomic E-state index is -1.20. The lowest BCUT2D eigenvalue weighted by atomic mass is 10.1. The number of nitrogens with one attached hydrogen (secondary N) is 1. The predicted octanol–water partition coefficient (Wildman–Crippen LogP) is 2.87. The van der Waals surface area contributed by atoms with Gasteiger partial charge in [-0.3, -0.25) is 4.79 Å². The van der Waals surface area contributed by atoms with Crippen LogP contribution < -0.4 is 5.32 Å². The zero-order chi connectivity index (χ0) is 16.7. The van der Waals surface area contributed by atoms with Gasteiger partial charge in [0.1, 0.15) is 6.04 Å². The van der Waals surface area contributed by atoms with Crippen LogP contribution in [0.3, 0.4) is 0 Å². The highest BCUT2D eigenvalue weighted by Crippen LogP contribution is 2.11. The first-order valence-corrected chi connectivity index (χ1v) is 7.42. The standard InChI is InChI=1S/C18H20N2O3/c1-14(19-18(22)23)17(21)20(12-15-8-4-2-5-9-15)13-16-10-6-3-7-11-16/h2-11,14,19H,12-13H2,1H3,(H,22,23). The van der Waals surface area contributed by atoms with Gasteiger partial charge in [-0.15, -0.1) is 0 Å². The van der Waals surface area contributed by atoms with Gasteiger partial charge in [0.2, 0.25) is 5.91 Å². The molecule has 0 aliphatic rings. The van der Waals surface area contributed by atoms with E-state index in [-0.39, 0.29) is 5.91 Å². The van der Waals surface area contributed by atoms with Gasteiger partial charge in [0, 0.05) is 13.1 Å². The largest absolute Gasteiger partial charge is 0.465 e. The lowest BCUT2D eigenvalue weighted by Crippen LogP contribution is -2.46. The van der Waals surface area contributed by atoms with E-state index in [2.05, 4.69) is 5.32 Å². The summed E-state index contributed by atoms with van der Waals surface area (Å²) in [5.41, 5.74) is 2.00. The summed E-state index contributed by atoms with van der Waals surface area (Å²) in [4.78, 5) is 25.0. The van der Waals surface area contributed by atoms with Crippen LogP contribution in [0, 0.1) is 0 Å². The number of carbonyl (C=O) groups excluding carboxylic acids is 1. The molecule has 23 heavy (non-hydrogen) atoms. The zero-order valence-corrected chi connectivity index (χ0v) is 13.0. The Morgan fingerprint density at radius 3 is 1.78 bits per heavy atom. The van der Waals surface area contributed by atoms with Crippen LogP contribution in [-0.4, -0.2) is 28.0 Å². The molecule has 2 aromatic rings. The third-order valence-electron chi connectivity index (χ3n) is 3.45. The maximum absolute atomic E-state index is 12.6. The number of amides is 2. The van der Waals surface area contributed by atoms with Crippen LogP contribution in [0.4, 0.5) is 4.79 Å². The first-order chi connectivity index (χ1) is 11.1. The molecule has 0 aliphatic carbocycles. The van der Waals surface area contributed by atoms with Gasteiger partial charge >= 0.3 is 6.09 Å². The fourth-order valence-corrected chi connectivity index (χ4v) is 2.34. The van der Waals surface area contributed by atoms with Crippen molar-refractivity contribution in [3.05, 3.63) is 71.8 Å². The molecular formula is C18H20N2O3. The van der Waals surface area contributed by atoms with E-state index in [1.165, 1.54) is 0 Å². The summed E-state index contributed by atoms with van der Waals surface area (Å²) in [7, 11) is 0. The van der Waals surface area contributed by atoms with Gasteiger partial charge in [-0.25, -0.2) is 4.79 Å². The van der Waals surface area contributed by atoms with Crippen molar-refractivity contribution in [2.75, 3.05) is 0 Å². The Kier molecular flexibility index (Phi) is 5.74. The SMILES string of the molecule is CC(NC(=O)O)C(=O)N(Cc1ccccc1)Cc1ccccc1. The molecule has 120 valence electrons. The van der Waals surface area contributed by atoms with Crippen molar-refractivity contribution < 1.29 is 14.7 Å². The molecule has 0 saturated carbocycles. The van der Waals surface area contributed by atoms with Gasteiger partial charge in [0.15, 0.2) is 0 Å². The molecule has 2 amide bonds. The van der Waals surface area contributed by atoms with Crippen molar-refractivity contribution >= 4 is 12.0 Å². The summed E-state index contributed by atoms with van der Waals surface area (Å²) in [6.07, 6.45) is -1.20. The highest BCUT2D eigenvalue weighted by Gasteiger charge is 2.22. The Morgan fingerprint density at radius 2 is 1.39 bits per heavy atom. The zero-order valence-electron chi connectivity index (χ0n) is 13.0. The molecule has 1 atom stereocenters. The van der Waals surface area contributed by atoms with E-state index < -0.39 is 12.1 Å². The first-order valence-electron chi connectivity index (χ1n) is 7.42. The molecule has 2 rings (SSSR count). The number of hydrogen-bond acceptors (Lipinski definition) is 2. The third-order valence-corrected chi connectivity index (χ3v) is 3.45. The van der Waals surface area contributed by atoms with Gasteiger partial charge in [-0.05, 0) is 18.1 Å². The minimum Gasteiger partial charge on any atom is -0.465 e. The Bertz CT molecular complexity index is 602. The van der Waals surface area contributed by atoms with Crippen LogP contribution in [0.2, 0.25) is 0 Å². The Morgan fingerprint density at radius 1 is 0.957 bits per heavy atom. The van der Waals surface area contributed by atoms with Gasteiger partial charge in [-0.1, -0.05) is 60.7 Å². The maximum Gasteiger partial charge on any atom is 0.405 e. The van der Waals surface area contributed by atoms with Crippen LogP contribution in [0.1, 0.15) is 18.1 Å². The third kappa shape index (κ3) is 5.14. The smallest absolute Gasteiger partial charge is 0.405 e. The molecule has 0 heterocycles. The van der Waals surface area contributed by atoms with E-state index in [1.54, 1.807) is 11.8 Å². The molecule has 0 aliphatic heterocycles. The Balaban J connectivity index is 2.16. The summed E-state index contributed by atoms with van der Waals surface area (Å²) < 4.78 is 0. The maximum atomic E-state index is 12.6. The summed E-state index contributed by atoms with van der Waals surface area (Å²) in [5.74, 6) is -0.250. The van der Waals surface area contributed by atoms with Crippen molar-refractivity contribution in [1.29, 1.82) is 0 Å². The van der Waals surface area contributed by atoms with Gasteiger partial charge in [0.25, 0.3) is 0 Å². The molecular weight excluding hydrogens is 292 g/mol. The van der Waals surface area contributed by atoms with Gasteiger partial charge in [0.05, 0.1) is 0 Å². The lowest BCUT2D eigenvalue weighted by molar-refractivity contribution is -0.134. The fourth-order valence-electron chi connectivity index (χ4n) is 2.34. The van der Waals surface area contributed by atoms with Crippen molar-refractivity contribution in [2.45, 2.75) is 26.1 Å². The monoisotopic (exact) mass is 312 g/mol. The Labute approximate surface area is 135 Å². The average Bonchev–Trinajstić information content (AvgIpc) is 2.55. The predicted molar refractivity (Wildman–Crippen MR) is 87.8 cm³/mol. The lowest BCUT2D eigenvalue weighted by Gasteiger charge is -2.26. The molecule has 5 heteroatoms. The summed E-state index contributed by atoms with van der Waals surface area (Å²) in [5, 5.41) is 11.0. The molecule has 2 aromatic carbocycles. The number of hydrogen-bond donors (Lipinski definition) is 2. The number of nitrogens with zero attached hydrogens (tertiary/aromatic N) is 1. The van der Waals surface area contributed by atoms with E-state index in [1.807, 2.05) is 60.7 Å². The minimum absolute atomic E-state index is 0.250. The highest BCUT2D eigenvalue weighted by molar-refractivity contribution is 5.84. The molecule has 1 unspecified atom stereocenters. The van der Waals surface area contributed by atoms with Crippen molar-refractivity contribution in [3.63, 3.8) is 0 Å². The normalized spacial score (nSPS) is 11.5. The first kappa shape index (κ1) is 16.5. The summed E-state index contributed by atoms with van der Waals surface area (Å²) >= 11 is 0. The van der Waals surface area contributed by atoms with Crippen LogP contribution in [0.15, 0.2) is 60.7 Å². The Hall–Kier alpha value is -2.82. The van der Waals surface area contributed by atoms with Crippen LogP contribution in [0.25, 0.3) is 0 Å². The molecule has 0 saturated heterocycles. The van der Waals surface area contributed by atoms with E-state index in [0.717, 1.165) is 11.1 Å². The van der Waals surface area contributed by atoms with Crippen molar-refractivity contribution in [2.24, 2.45) is 0 Å². The number of benzene rings is 2. The van der Waals surface area contributed by atoms with E-state index in [4.69, 9.17) is 5.11 Å². The molecule has 0 fully saturated rings. The van der Waals surface area contributed by atoms with E-state index in [9.17, 15) is 9.59 Å². The molecule has 0 bridgehead atoms. The fraction of sp³-hybridized carbons (Fsp3) is 0.222. The van der Waals surface area contributed by atoms with E-state index in [0.29, 0.717) is 13.1 Å². The number of rotatable bonds is 6. The quantitative estimate of drug-likeness (QED) is 0.861. The van der Waals surface area contributed by atoms with Gasteiger partial charge in [-0.2, -0.15) is 0 Å². The van der Waals surface area contributed by atoms with Crippen LogP contribution in [0.5, 0.6) is 0 Å². The van der Waals surface area contributed by atoms with Crippen molar-refractivity contribution in [3.8, 4) is 0 Å². The second-order valence-electron chi connectivity index (χ2n) is 5.34. The molecule has 2 N–H and O–H groups in total. The average molecular weight is 312 g/mol. The van der Waals surface area contributed by atoms with Crippen molar-refractivity contribution in [1.82, 2.24) is 10.2 Å². The molecule has 0 spiro atoms. The highest BCUT2D eigenvalue weighted by atomic mass is 16.4. The second-order valence-corrected chi connectivity index (χ2v) is 5.34. The van der Waals surface area contributed by atoms with Gasteiger partial charge < -0.3 is 15.3 Å². The molecule has 0 radical (unpaired) electrons. The van der Waals surface area contributed by atoms with Crippen LogP contribution >= 0.6 is 0 Å².